The number of benzene rings is 5. The third-order valence-electron chi connectivity index (χ3n) is 10.1. The van der Waals surface area contributed by atoms with Crippen molar-refractivity contribution in [1.29, 1.82) is 0 Å². The van der Waals surface area contributed by atoms with Crippen molar-refractivity contribution in [3.63, 3.8) is 0 Å². The highest BCUT2D eigenvalue weighted by Crippen LogP contribution is 2.53. The van der Waals surface area contributed by atoms with Gasteiger partial charge in [0.05, 0.1) is 0 Å². The summed E-state index contributed by atoms with van der Waals surface area (Å²) in [6.07, 6.45) is 3.89. The van der Waals surface area contributed by atoms with Crippen LogP contribution in [0.4, 0.5) is 0 Å². The molecule has 1 aliphatic carbocycles. The Hall–Kier alpha value is -3.04. The largest absolute Gasteiger partial charge is 0.0619 e. The number of aryl methyl sites for hydroxylation is 8. The fourth-order valence-electron chi connectivity index (χ4n) is 8.53. The second kappa shape index (κ2) is 14.2. The van der Waals surface area contributed by atoms with Gasteiger partial charge in [-0.15, -0.1) is 0 Å². The lowest BCUT2D eigenvalue weighted by molar-refractivity contribution is 0.480. The lowest BCUT2D eigenvalue weighted by Crippen LogP contribution is -2.31. The minimum absolute atomic E-state index is 0.530. The SMILES string of the molecule is Cc1cc(C)cc(P(c2cc(C)cc(C)c2)c2ccccc2C2CCCC2[C@@H](C)P(c2cc(C)cc(C)c2)c2cc(C)cc(C)c2)c1. The van der Waals surface area contributed by atoms with Gasteiger partial charge in [0, 0.05) is 0 Å². The molecule has 0 heterocycles. The molecule has 5 aromatic rings. The summed E-state index contributed by atoms with van der Waals surface area (Å²) in [6.45, 7) is 20.7. The molecule has 0 aliphatic heterocycles. The van der Waals surface area contributed by atoms with Crippen LogP contribution >= 0.6 is 15.8 Å². The standard InChI is InChI=1S/C45H52P2/c1-29-17-30(2)22-38(21-29)46(39-23-31(3)18-32(4)24-39)37(9)42-14-12-15-43(42)44-13-10-11-16-45(44)47(40-25-33(5)19-34(6)26-40)41-27-35(7)20-36(8)28-41/h10-11,13,16-28,37,42-43H,12,14-15H2,1-9H3/t37-,42?,43?/m1/s1. The Morgan fingerprint density at radius 3 is 1.30 bits per heavy atom. The maximum absolute atomic E-state index is 2.60. The molecule has 2 heteroatoms. The van der Waals surface area contributed by atoms with E-state index in [1.165, 1.54) is 74.4 Å². The molecular weight excluding hydrogens is 602 g/mol. The topological polar surface area (TPSA) is 0 Å². The maximum Gasteiger partial charge on any atom is -0.0116 e. The molecule has 1 aliphatic rings. The van der Waals surface area contributed by atoms with Crippen LogP contribution in [0.1, 0.15) is 82.2 Å². The minimum atomic E-state index is -0.701. The predicted octanol–water partition coefficient (Wildman–Crippen LogP) is 10.3. The van der Waals surface area contributed by atoms with E-state index in [9.17, 15) is 0 Å². The number of rotatable bonds is 8. The maximum atomic E-state index is 2.60. The molecular formula is C45H52P2. The molecule has 0 saturated heterocycles. The summed E-state index contributed by atoms with van der Waals surface area (Å²) in [6, 6.07) is 38.7. The van der Waals surface area contributed by atoms with Crippen LogP contribution in [0.3, 0.4) is 0 Å². The summed E-state index contributed by atoms with van der Waals surface area (Å²) in [4.78, 5) is 0. The molecule has 5 aromatic carbocycles. The van der Waals surface area contributed by atoms with E-state index in [1.807, 2.05) is 0 Å². The van der Waals surface area contributed by atoms with E-state index in [-0.39, 0.29) is 0 Å². The van der Waals surface area contributed by atoms with Crippen molar-refractivity contribution >= 4 is 42.4 Å². The molecule has 0 radical (unpaired) electrons. The van der Waals surface area contributed by atoms with E-state index < -0.39 is 15.8 Å². The van der Waals surface area contributed by atoms with Crippen LogP contribution in [-0.2, 0) is 0 Å². The molecule has 1 saturated carbocycles. The smallest absolute Gasteiger partial charge is 0.0116 e. The van der Waals surface area contributed by atoms with Gasteiger partial charge in [0.2, 0.25) is 0 Å². The zero-order chi connectivity index (χ0) is 33.4. The predicted molar refractivity (Wildman–Crippen MR) is 212 cm³/mol. The Morgan fingerprint density at radius 2 is 0.872 bits per heavy atom. The van der Waals surface area contributed by atoms with Crippen LogP contribution in [-0.4, -0.2) is 5.66 Å². The fourth-order valence-corrected chi connectivity index (χ4v) is 14.8. The molecule has 47 heavy (non-hydrogen) atoms. The molecule has 0 nitrogen and oxygen atoms in total. The number of hydrogen-bond donors (Lipinski definition) is 0. The fraction of sp³-hybridized carbons (Fsp3) is 0.333. The normalized spacial score (nSPS) is 17.1. The summed E-state index contributed by atoms with van der Waals surface area (Å²) < 4.78 is 0. The first-order valence-electron chi connectivity index (χ1n) is 17.5. The molecule has 0 amide bonds. The Kier molecular flexibility index (Phi) is 10.2. The van der Waals surface area contributed by atoms with Gasteiger partial charge >= 0.3 is 0 Å². The van der Waals surface area contributed by atoms with Crippen molar-refractivity contribution in [1.82, 2.24) is 0 Å². The molecule has 2 unspecified atom stereocenters. The Morgan fingerprint density at radius 1 is 0.489 bits per heavy atom. The molecule has 242 valence electrons. The molecule has 0 spiro atoms. The van der Waals surface area contributed by atoms with Gasteiger partial charge in [-0.1, -0.05) is 155 Å². The first-order valence-corrected chi connectivity index (χ1v) is 20.2. The van der Waals surface area contributed by atoms with E-state index >= 15 is 0 Å². The van der Waals surface area contributed by atoms with Crippen molar-refractivity contribution in [3.8, 4) is 0 Å². The van der Waals surface area contributed by atoms with Gasteiger partial charge in [0.25, 0.3) is 0 Å². The second-order valence-electron chi connectivity index (χ2n) is 14.6. The minimum Gasteiger partial charge on any atom is -0.0619 e. The zero-order valence-electron chi connectivity index (χ0n) is 30.0. The van der Waals surface area contributed by atoms with Crippen LogP contribution in [0.15, 0.2) is 97.1 Å². The van der Waals surface area contributed by atoms with E-state index in [1.54, 1.807) is 21.5 Å². The van der Waals surface area contributed by atoms with Gasteiger partial charge in [-0.2, -0.15) is 0 Å². The third kappa shape index (κ3) is 7.51. The Balaban J connectivity index is 1.49. The van der Waals surface area contributed by atoms with Gasteiger partial charge in [0.15, 0.2) is 0 Å². The van der Waals surface area contributed by atoms with Crippen LogP contribution in [0.2, 0.25) is 0 Å². The molecule has 1 fully saturated rings. The van der Waals surface area contributed by atoms with Crippen LogP contribution < -0.4 is 26.5 Å². The van der Waals surface area contributed by atoms with E-state index in [0.717, 1.165) is 0 Å². The van der Waals surface area contributed by atoms with Gasteiger partial charge < -0.3 is 0 Å². The van der Waals surface area contributed by atoms with Gasteiger partial charge in [-0.3, -0.25) is 0 Å². The average molecular weight is 655 g/mol. The van der Waals surface area contributed by atoms with Gasteiger partial charge in [-0.05, 0) is 134 Å². The quantitative estimate of drug-likeness (QED) is 0.146. The van der Waals surface area contributed by atoms with Crippen LogP contribution in [0.5, 0.6) is 0 Å². The summed E-state index contributed by atoms with van der Waals surface area (Å²) in [7, 11) is -1.23. The number of hydrogen-bond acceptors (Lipinski definition) is 0. The lowest BCUT2D eigenvalue weighted by atomic mass is 9.87. The molecule has 0 aromatic heterocycles. The monoisotopic (exact) mass is 654 g/mol. The molecule has 0 N–H and O–H groups in total. The van der Waals surface area contributed by atoms with Crippen molar-refractivity contribution in [2.24, 2.45) is 5.92 Å². The first-order chi connectivity index (χ1) is 22.5. The second-order valence-corrected chi connectivity index (χ2v) is 19.4. The average Bonchev–Trinajstić information content (AvgIpc) is 3.46. The summed E-state index contributed by atoms with van der Waals surface area (Å²) in [5.41, 5.74) is 13.1. The van der Waals surface area contributed by atoms with Crippen molar-refractivity contribution < 1.29 is 0 Å². The van der Waals surface area contributed by atoms with Crippen LogP contribution in [0, 0.1) is 61.3 Å². The summed E-state index contributed by atoms with van der Waals surface area (Å²) in [5.74, 6) is 1.20. The lowest BCUT2D eigenvalue weighted by Gasteiger charge is -2.36. The summed E-state index contributed by atoms with van der Waals surface area (Å²) >= 11 is 0. The Bertz CT molecular complexity index is 1720. The summed E-state index contributed by atoms with van der Waals surface area (Å²) in [5, 5.41) is 7.60. The highest BCUT2D eigenvalue weighted by atomic mass is 31.1. The Labute approximate surface area is 287 Å². The molecule has 3 atom stereocenters. The van der Waals surface area contributed by atoms with Crippen molar-refractivity contribution in [3.05, 3.63) is 147 Å². The highest BCUT2D eigenvalue weighted by molar-refractivity contribution is 7.80. The van der Waals surface area contributed by atoms with Gasteiger partial charge in [-0.25, -0.2) is 0 Å². The third-order valence-corrected chi connectivity index (χ3v) is 15.3. The van der Waals surface area contributed by atoms with E-state index in [0.29, 0.717) is 17.5 Å². The van der Waals surface area contributed by atoms with Crippen molar-refractivity contribution in [2.75, 3.05) is 0 Å². The van der Waals surface area contributed by atoms with E-state index in [2.05, 4.69) is 159 Å². The molecule has 0 bridgehead atoms. The van der Waals surface area contributed by atoms with Crippen LogP contribution in [0.25, 0.3) is 0 Å². The van der Waals surface area contributed by atoms with E-state index in [4.69, 9.17) is 0 Å². The first kappa shape index (κ1) is 33.8. The zero-order valence-corrected chi connectivity index (χ0v) is 31.8. The molecule has 6 rings (SSSR count). The van der Waals surface area contributed by atoms with Crippen molar-refractivity contribution in [2.45, 2.75) is 93.2 Å². The van der Waals surface area contributed by atoms with Gasteiger partial charge in [0.1, 0.15) is 0 Å². The highest BCUT2D eigenvalue weighted by Gasteiger charge is 2.39.